The molecule has 118 valence electrons. The Bertz CT molecular complexity index is 571. The van der Waals surface area contributed by atoms with E-state index in [2.05, 4.69) is 0 Å². The molecule has 1 aromatic rings. The van der Waals surface area contributed by atoms with Crippen LogP contribution in [0.2, 0.25) is 0 Å². The third-order valence-electron chi connectivity index (χ3n) is 3.34. The minimum absolute atomic E-state index is 0.0560. The topological polar surface area (TPSA) is 72.9 Å². The van der Waals surface area contributed by atoms with E-state index in [0.29, 0.717) is 5.69 Å². The summed E-state index contributed by atoms with van der Waals surface area (Å²) in [5, 5.41) is -1.36. The van der Waals surface area contributed by atoms with Gasteiger partial charge < -0.3 is 9.47 Å². The molecule has 0 saturated carbocycles. The van der Waals surface area contributed by atoms with E-state index in [1.54, 1.807) is 44.2 Å². The van der Waals surface area contributed by atoms with Crippen molar-refractivity contribution in [2.24, 2.45) is 0 Å². The summed E-state index contributed by atoms with van der Waals surface area (Å²) in [6, 6.07) is 8.33. The maximum absolute atomic E-state index is 12.4. The molecule has 1 aliphatic rings. The van der Waals surface area contributed by atoms with Gasteiger partial charge in [0.05, 0.1) is 13.2 Å². The van der Waals surface area contributed by atoms with Gasteiger partial charge in [-0.2, -0.15) is 0 Å². The Labute approximate surface area is 132 Å². The van der Waals surface area contributed by atoms with E-state index in [0.717, 1.165) is 4.90 Å². The monoisotopic (exact) mass is 325 g/mol. The van der Waals surface area contributed by atoms with Gasteiger partial charge in [-0.05, 0) is 26.0 Å². The first kappa shape index (κ1) is 16.3. The lowest BCUT2D eigenvalue weighted by Gasteiger charge is -2.50. The van der Waals surface area contributed by atoms with Crippen LogP contribution in [0.15, 0.2) is 30.3 Å². The first-order chi connectivity index (χ1) is 10.5. The highest BCUT2D eigenvalue weighted by Gasteiger charge is 2.72. The average Bonchev–Trinajstić information content (AvgIpc) is 2.52. The number of halogens is 1. The molecule has 1 heterocycles. The molecule has 0 aliphatic carbocycles. The molecular weight excluding hydrogens is 310 g/mol. The maximum Gasteiger partial charge on any atom is 0.346 e. The predicted molar refractivity (Wildman–Crippen MR) is 79.6 cm³/mol. The van der Waals surface area contributed by atoms with Crippen molar-refractivity contribution >= 4 is 35.1 Å². The average molecular weight is 326 g/mol. The number of alkyl halides is 1. The standard InChI is InChI=1S/C15H16ClNO5/c1-3-21-13(19)15(14(20)22-4-2)11(16)12(18)17(15)10-8-6-5-7-9-10/h5-9,11H,3-4H2,1-2H3/t11-/m0/s1. The first-order valence-corrected chi connectivity index (χ1v) is 7.33. The normalized spacial score (nSPS) is 19.3. The van der Waals surface area contributed by atoms with Gasteiger partial charge in [0, 0.05) is 5.69 Å². The van der Waals surface area contributed by atoms with Crippen molar-refractivity contribution in [2.45, 2.75) is 24.8 Å². The number of β-lactam (4-membered cyclic amide) rings is 1. The summed E-state index contributed by atoms with van der Waals surface area (Å²) < 4.78 is 9.94. The van der Waals surface area contributed by atoms with Crippen LogP contribution >= 0.6 is 11.6 Å². The zero-order valence-corrected chi connectivity index (χ0v) is 13.0. The fourth-order valence-electron chi connectivity index (χ4n) is 2.38. The highest BCUT2D eigenvalue weighted by Crippen LogP contribution is 2.42. The van der Waals surface area contributed by atoms with Crippen molar-refractivity contribution in [2.75, 3.05) is 18.1 Å². The molecule has 1 aromatic carbocycles. The fourth-order valence-corrected chi connectivity index (χ4v) is 2.75. The van der Waals surface area contributed by atoms with Gasteiger partial charge in [-0.25, -0.2) is 9.59 Å². The third-order valence-corrected chi connectivity index (χ3v) is 3.85. The molecule has 1 amide bonds. The lowest BCUT2D eigenvalue weighted by Crippen LogP contribution is -2.80. The molecule has 1 fully saturated rings. The molecule has 2 rings (SSSR count). The second-order valence-electron chi connectivity index (χ2n) is 4.58. The number of esters is 2. The van der Waals surface area contributed by atoms with Gasteiger partial charge in [-0.15, -0.1) is 11.6 Å². The maximum atomic E-state index is 12.4. The summed E-state index contributed by atoms with van der Waals surface area (Å²) >= 11 is 6.04. The van der Waals surface area contributed by atoms with Gasteiger partial charge in [-0.3, -0.25) is 9.69 Å². The Hall–Kier alpha value is -2.08. The van der Waals surface area contributed by atoms with Crippen LogP contribution in [-0.4, -0.2) is 42.0 Å². The molecule has 1 saturated heterocycles. The van der Waals surface area contributed by atoms with Crippen LogP contribution in [0.3, 0.4) is 0 Å². The quantitative estimate of drug-likeness (QED) is 0.355. The van der Waals surface area contributed by atoms with E-state index < -0.39 is 28.8 Å². The lowest BCUT2D eigenvalue weighted by molar-refractivity contribution is -0.171. The van der Waals surface area contributed by atoms with E-state index in [9.17, 15) is 14.4 Å². The summed E-state index contributed by atoms with van der Waals surface area (Å²) in [6.45, 7) is 3.32. The molecule has 0 spiro atoms. The molecular formula is C15H16ClNO5. The highest BCUT2D eigenvalue weighted by atomic mass is 35.5. The molecule has 0 N–H and O–H groups in total. The molecule has 6 nitrogen and oxygen atoms in total. The largest absolute Gasteiger partial charge is 0.464 e. The SMILES string of the molecule is CCOC(=O)C1(C(=O)OCC)[C@@H](Cl)C(=O)N1c1ccccc1. The van der Waals surface area contributed by atoms with Crippen LogP contribution in [0, 0.1) is 0 Å². The molecule has 1 atom stereocenters. The van der Waals surface area contributed by atoms with Gasteiger partial charge in [0.25, 0.3) is 5.54 Å². The van der Waals surface area contributed by atoms with Crippen LogP contribution < -0.4 is 4.90 Å². The summed E-state index contributed by atoms with van der Waals surface area (Å²) in [7, 11) is 0. The van der Waals surface area contributed by atoms with E-state index in [1.807, 2.05) is 0 Å². The molecule has 1 aliphatic heterocycles. The number of anilines is 1. The summed E-state index contributed by atoms with van der Waals surface area (Å²) in [4.78, 5) is 38.0. The predicted octanol–water partition coefficient (Wildman–Crippen LogP) is 1.51. The molecule has 0 aromatic heterocycles. The Morgan fingerprint density at radius 2 is 1.64 bits per heavy atom. The van der Waals surface area contributed by atoms with Gasteiger partial charge in [0.2, 0.25) is 5.91 Å². The number of carbonyl (C=O) groups is 3. The number of hydrogen-bond donors (Lipinski definition) is 0. The number of carbonyl (C=O) groups excluding carboxylic acids is 3. The smallest absolute Gasteiger partial charge is 0.346 e. The van der Waals surface area contributed by atoms with Gasteiger partial charge in [0.1, 0.15) is 0 Å². The minimum Gasteiger partial charge on any atom is -0.464 e. The highest BCUT2D eigenvalue weighted by molar-refractivity contribution is 6.45. The molecule has 7 heteroatoms. The van der Waals surface area contributed by atoms with Crippen LogP contribution in [0.4, 0.5) is 5.69 Å². The molecule has 0 bridgehead atoms. The van der Waals surface area contributed by atoms with Crippen molar-refractivity contribution < 1.29 is 23.9 Å². The number of rotatable bonds is 5. The Morgan fingerprint density at radius 3 is 2.09 bits per heavy atom. The zero-order valence-electron chi connectivity index (χ0n) is 12.2. The van der Waals surface area contributed by atoms with Gasteiger partial charge >= 0.3 is 11.9 Å². The minimum atomic E-state index is -1.98. The zero-order chi connectivity index (χ0) is 16.3. The number of para-hydroxylation sites is 1. The number of ether oxygens (including phenoxy) is 2. The van der Waals surface area contributed by atoms with Gasteiger partial charge in [0.15, 0.2) is 5.38 Å². The second kappa shape index (κ2) is 6.36. The van der Waals surface area contributed by atoms with E-state index in [4.69, 9.17) is 21.1 Å². The van der Waals surface area contributed by atoms with Crippen LogP contribution in [0.25, 0.3) is 0 Å². The van der Waals surface area contributed by atoms with Crippen molar-refractivity contribution in [3.8, 4) is 0 Å². The van der Waals surface area contributed by atoms with Crippen molar-refractivity contribution in [3.05, 3.63) is 30.3 Å². The van der Waals surface area contributed by atoms with Crippen LogP contribution in [0.5, 0.6) is 0 Å². The second-order valence-corrected chi connectivity index (χ2v) is 5.02. The summed E-state index contributed by atoms with van der Waals surface area (Å²) in [5.41, 5.74) is -1.60. The van der Waals surface area contributed by atoms with Crippen molar-refractivity contribution in [1.82, 2.24) is 0 Å². The first-order valence-electron chi connectivity index (χ1n) is 6.89. The number of hydrogen-bond acceptors (Lipinski definition) is 5. The Kier molecular flexibility index (Phi) is 4.71. The van der Waals surface area contributed by atoms with E-state index >= 15 is 0 Å². The van der Waals surface area contributed by atoms with E-state index in [1.165, 1.54) is 0 Å². The van der Waals surface area contributed by atoms with Gasteiger partial charge in [-0.1, -0.05) is 18.2 Å². The third kappa shape index (κ3) is 2.23. The Balaban J connectivity index is 2.52. The van der Waals surface area contributed by atoms with Crippen LogP contribution in [-0.2, 0) is 23.9 Å². The van der Waals surface area contributed by atoms with Crippen LogP contribution in [0.1, 0.15) is 13.8 Å². The Morgan fingerprint density at radius 1 is 1.14 bits per heavy atom. The molecule has 0 unspecified atom stereocenters. The van der Waals surface area contributed by atoms with Crippen molar-refractivity contribution in [3.63, 3.8) is 0 Å². The number of benzene rings is 1. The summed E-state index contributed by atoms with van der Waals surface area (Å²) in [5.74, 6) is -2.33. The molecule has 0 radical (unpaired) electrons. The molecule has 22 heavy (non-hydrogen) atoms. The number of amides is 1. The fraction of sp³-hybridized carbons (Fsp3) is 0.400. The summed E-state index contributed by atoms with van der Waals surface area (Å²) in [6.07, 6.45) is 0. The van der Waals surface area contributed by atoms with E-state index in [-0.39, 0.29) is 13.2 Å². The lowest BCUT2D eigenvalue weighted by atomic mass is 9.82. The number of nitrogens with zero attached hydrogens (tertiary/aromatic N) is 1. The van der Waals surface area contributed by atoms with Crippen molar-refractivity contribution in [1.29, 1.82) is 0 Å².